The van der Waals surface area contributed by atoms with Crippen molar-refractivity contribution in [3.63, 3.8) is 0 Å². The molecule has 0 spiro atoms. The quantitative estimate of drug-likeness (QED) is 0.121. The molecule has 7 N–H and O–H groups in total. The van der Waals surface area contributed by atoms with Gasteiger partial charge in [0.2, 0.25) is 0 Å². The number of nitrogens with zero attached hydrogens (tertiary/aromatic N) is 4. The maximum Gasteiger partial charge on any atom is 0.335 e. The fourth-order valence-corrected chi connectivity index (χ4v) is 6.02. The molecule has 0 aliphatic rings. The highest BCUT2D eigenvalue weighted by Crippen LogP contribution is 2.43. The van der Waals surface area contributed by atoms with Gasteiger partial charge in [-0.25, -0.2) is 13.2 Å². The number of hydrogen-bond acceptors (Lipinski definition) is 13. The zero-order valence-electron chi connectivity index (χ0n) is 20.9. The number of benzene rings is 3. The Hall–Kier alpha value is -4.30. The SMILES string of the molecule is CCCS(=O)(=O)c1ccc(/N=N/c2cc(S(=O)(=O)O)c(N)c(/N=N/c3ccc(C(=O)O)cc3)c2N)c(S(=O)(=O)O)c1. The van der Waals surface area contributed by atoms with Crippen molar-refractivity contribution >= 4 is 70.2 Å². The van der Waals surface area contributed by atoms with E-state index in [1.807, 2.05) is 0 Å². The van der Waals surface area contributed by atoms with E-state index in [9.17, 15) is 39.2 Å². The Labute approximate surface area is 233 Å². The van der Waals surface area contributed by atoms with Gasteiger partial charge in [0.1, 0.15) is 26.9 Å². The number of azo groups is 2. The maximum absolute atomic E-state index is 12.4. The van der Waals surface area contributed by atoms with Crippen molar-refractivity contribution in [2.75, 3.05) is 17.2 Å². The van der Waals surface area contributed by atoms with Crippen LogP contribution in [0.1, 0.15) is 23.7 Å². The van der Waals surface area contributed by atoms with Gasteiger partial charge in [-0.15, -0.1) is 15.3 Å². The zero-order chi connectivity index (χ0) is 30.8. The number of anilines is 2. The normalized spacial score (nSPS) is 12.8. The molecule has 3 aromatic carbocycles. The lowest BCUT2D eigenvalue weighted by Gasteiger charge is -2.11. The van der Waals surface area contributed by atoms with Crippen LogP contribution in [0.3, 0.4) is 0 Å². The molecule has 0 bridgehead atoms. The van der Waals surface area contributed by atoms with E-state index < -0.39 is 79.2 Å². The standard InChI is InChI=1S/C22H22N6O10S3/c1-2-9-39(31,32)14-7-8-15(17(10-14)40(33,34)35)26-27-16-11-18(41(36,37)38)20(24)21(19(16)23)28-25-13-5-3-12(4-6-13)22(29)30/h3-8,10-11H,2,9,23-24H2,1H3,(H,29,30)(H,33,34,35)(H,36,37,38)/b27-26+,28-25+. The highest BCUT2D eigenvalue weighted by molar-refractivity contribution is 7.91. The highest BCUT2D eigenvalue weighted by Gasteiger charge is 2.24. The first-order valence-electron chi connectivity index (χ1n) is 11.2. The number of carboxylic acid groups (broad SMARTS) is 1. The first kappa shape index (κ1) is 31.2. The first-order valence-corrected chi connectivity index (χ1v) is 15.7. The Morgan fingerprint density at radius 3 is 1.88 bits per heavy atom. The monoisotopic (exact) mass is 626 g/mol. The van der Waals surface area contributed by atoms with Gasteiger partial charge in [-0.05, 0) is 55.0 Å². The summed E-state index contributed by atoms with van der Waals surface area (Å²) in [4.78, 5) is 8.81. The predicted molar refractivity (Wildman–Crippen MR) is 145 cm³/mol. The molecule has 218 valence electrons. The van der Waals surface area contributed by atoms with Gasteiger partial charge in [-0.1, -0.05) is 6.92 Å². The molecule has 3 aromatic rings. The van der Waals surface area contributed by atoms with Crippen LogP contribution < -0.4 is 11.5 Å². The number of aromatic carboxylic acids is 1. The molecule has 0 atom stereocenters. The third-order valence-electron chi connectivity index (χ3n) is 5.28. The Morgan fingerprint density at radius 2 is 1.34 bits per heavy atom. The van der Waals surface area contributed by atoms with Crippen LogP contribution in [0.4, 0.5) is 34.1 Å². The van der Waals surface area contributed by atoms with Crippen LogP contribution in [0.5, 0.6) is 0 Å². The van der Waals surface area contributed by atoms with Crippen LogP contribution >= 0.6 is 0 Å². The second-order valence-corrected chi connectivity index (χ2v) is 13.1. The molecule has 0 fully saturated rings. The van der Waals surface area contributed by atoms with Crippen molar-refractivity contribution in [3.8, 4) is 0 Å². The Bertz CT molecular complexity index is 1910. The van der Waals surface area contributed by atoms with Crippen LogP contribution in [0, 0.1) is 0 Å². The summed E-state index contributed by atoms with van der Waals surface area (Å²) in [6.07, 6.45) is 0.241. The number of carboxylic acids is 1. The maximum atomic E-state index is 12.4. The van der Waals surface area contributed by atoms with E-state index >= 15 is 0 Å². The summed E-state index contributed by atoms with van der Waals surface area (Å²) in [6, 6.07) is 8.43. The Morgan fingerprint density at radius 1 is 0.756 bits per heavy atom. The summed E-state index contributed by atoms with van der Waals surface area (Å²) in [5.74, 6) is -1.48. The molecule has 0 aliphatic carbocycles. The van der Waals surface area contributed by atoms with Crippen LogP contribution in [-0.2, 0) is 30.1 Å². The molecular weight excluding hydrogens is 604 g/mol. The number of hydrogen-bond donors (Lipinski definition) is 5. The number of carbonyl (C=O) groups is 1. The lowest BCUT2D eigenvalue weighted by atomic mass is 10.2. The molecule has 0 radical (unpaired) electrons. The summed E-state index contributed by atoms with van der Waals surface area (Å²) in [5, 5.41) is 24.0. The number of sulfone groups is 1. The van der Waals surface area contributed by atoms with Gasteiger partial charge in [0, 0.05) is 0 Å². The molecule has 0 unspecified atom stereocenters. The Kier molecular flexibility index (Phi) is 8.89. The van der Waals surface area contributed by atoms with Gasteiger partial charge in [0.05, 0.1) is 33.3 Å². The minimum Gasteiger partial charge on any atom is -0.478 e. The fourth-order valence-electron chi connectivity index (χ4n) is 3.32. The van der Waals surface area contributed by atoms with Crippen LogP contribution in [0.2, 0.25) is 0 Å². The van der Waals surface area contributed by atoms with Crippen molar-refractivity contribution in [2.45, 2.75) is 28.0 Å². The average Bonchev–Trinajstić information content (AvgIpc) is 2.87. The van der Waals surface area contributed by atoms with E-state index in [-0.39, 0.29) is 23.4 Å². The van der Waals surface area contributed by atoms with Crippen molar-refractivity contribution in [3.05, 3.63) is 54.1 Å². The van der Waals surface area contributed by atoms with E-state index in [4.69, 9.17) is 16.6 Å². The first-order chi connectivity index (χ1) is 19.0. The molecule has 19 heteroatoms. The third kappa shape index (κ3) is 7.27. The van der Waals surface area contributed by atoms with Gasteiger partial charge < -0.3 is 16.6 Å². The molecule has 0 saturated heterocycles. The number of nitrogens with two attached hydrogens (primary N) is 2. The van der Waals surface area contributed by atoms with Crippen molar-refractivity contribution < 1.29 is 44.3 Å². The lowest BCUT2D eigenvalue weighted by molar-refractivity contribution is 0.0696. The molecule has 0 saturated carbocycles. The second kappa shape index (κ2) is 11.7. The summed E-state index contributed by atoms with van der Waals surface area (Å²) in [5.41, 5.74) is 9.42. The van der Waals surface area contributed by atoms with E-state index in [1.54, 1.807) is 6.92 Å². The van der Waals surface area contributed by atoms with Crippen molar-refractivity contribution in [1.29, 1.82) is 0 Å². The molecular formula is C22H22N6O10S3. The zero-order valence-corrected chi connectivity index (χ0v) is 23.4. The molecule has 0 aliphatic heterocycles. The van der Waals surface area contributed by atoms with Gasteiger partial charge in [0.25, 0.3) is 20.2 Å². The predicted octanol–water partition coefficient (Wildman–Crippen LogP) is 4.06. The summed E-state index contributed by atoms with van der Waals surface area (Å²) < 4.78 is 91.9. The number of nitrogen functional groups attached to an aromatic ring is 2. The van der Waals surface area contributed by atoms with Crippen molar-refractivity contribution in [1.82, 2.24) is 0 Å². The van der Waals surface area contributed by atoms with Gasteiger partial charge in [0.15, 0.2) is 9.84 Å². The van der Waals surface area contributed by atoms with E-state index in [0.717, 1.165) is 18.2 Å². The average molecular weight is 627 g/mol. The fraction of sp³-hybridized carbons (Fsp3) is 0.136. The van der Waals surface area contributed by atoms with Crippen molar-refractivity contribution in [2.24, 2.45) is 20.5 Å². The molecule has 41 heavy (non-hydrogen) atoms. The third-order valence-corrected chi connectivity index (χ3v) is 8.98. The number of rotatable bonds is 10. The molecule has 16 nitrogen and oxygen atoms in total. The van der Waals surface area contributed by atoms with Crippen LogP contribution in [-0.4, -0.2) is 51.2 Å². The molecule has 3 rings (SSSR count). The summed E-state index contributed by atoms with van der Waals surface area (Å²) >= 11 is 0. The minimum absolute atomic E-state index is 0.0423. The highest BCUT2D eigenvalue weighted by atomic mass is 32.2. The van der Waals surface area contributed by atoms with Crippen LogP contribution in [0.15, 0.2) is 83.7 Å². The largest absolute Gasteiger partial charge is 0.478 e. The topological polar surface area (TPSA) is 282 Å². The van der Waals surface area contributed by atoms with Gasteiger partial charge in [-0.3, -0.25) is 9.11 Å². The summed E-state index contributed by atoms with van der Waals surface area (Å²) in [7, 11) is -13.9. The van der Waals surface area contributed by atoms with E-state index in [1.165, 1.54) is 24.3 Å². The lowest BCUT2D eigenvalue weighted by Crippen LogP contribution is -2.08. The van der Waals surface area contributed by atoms with Gasteiger partial charge >= 0.3 is 5.97 Å². The van der Waals surface area contributed by atoms with Gasteiger partial charge in [-0.2, -0.15) is 21.9 Å². The molecule has 0 amide bonds. The van der Waals surface area contributed by atoms with E-state index in [2.05, 4.69) is 20.5 Å². The smallest absolute Gasteiger partial charge is 0.335 e. The minimum atomic E-state index is -5.02. The second-order valence-electron chi connectivity index (χ2n) is 8.22. The summed E-state index contributed by atoms with van der Waals surface area (Å²) in [6.45, 7) is 1.60. The molecule has 0 aromatic heterocycles. The van der Waals surface area contributed by atoms with E-state index in [0.29, 0.717) is 6.07 Å². The molecule has 0 heterocycles. The Balaban J connectivity index is 2.16. The van der Waals surface area contributed by atoms with Crippen LogP contribution in [0.25, 0.3) is 0 Å².